The average molecular weight is 375 g/mol. The van der Waals surface area contributed by atoms with Crippen LogP contribution in [-0.4, -0.2) is 23.9 Å². The second kappa shape index (κ2) is 8.81. The summed E-state index contributed by atoms with van der Waals surface area (Å²) in [4.78, 5) is 27.8. The molecule has 3 aromatic rings. The molecule has 0 bridgehead atoms. The standard InChI is InChI=1S/C22H21N3O3/c1-15(26)25-19-10-11-21(23-14-19)17-6-8-18(9-7-17)22(27)24-13-16-4-3-5-20(12-16)28-2/h3-12,14H,13H2,1-2H3,(H,24,27)(H,25,26). The van der Waals surface area contributed by atoms with Crippen LogP contribution in [0.15, 0.2) is 66.9 Å². The summed E-state index contributed by atoms with van der Waals surface area (Å²) in [6.45, 7) is 1.87. The van der Waals surface area contributed by atoms with Crippen LogP contribution < -0.4 is 15.4 Å². The number of hydrogen-bond acceptors (Lipinski definition) is 4. The summed E-state index contributed by atoms with van der Waals surface area (Å²) < 4.78 is 5.19. The number of carbonyl (C=O) groups is 2. The van der Waals surface area contributed by atoms with Gasteiger partial charge in [0.2, 0.25) is 5.91 Å². The Labute approximate surface area is 163 Å². The van der Waals surface area contributed by atoms with Crippen molar-refractivity contribution in [2.75, 3.05) is 12.4 Å². The number of aromatic nitrogens is 1. The predicted molar refractivity (Wildman–Crippen MR) is 108 cm³/mol. The number of pyridine rings is 1. The van der Waals surface area contributed by atoms with Gasteiger partial charge in [-0.3, -0.25) is 14.6 Å². The maximum atomic E-state index is 12.4. The largest absolute Gasteiger partial charge is 0.497 e. The number of anilines is 1. The monoisotopic (exact) mass is 375 g/mol. The van der Waals surface area contributed by atoms with Crippen LogP contribution in [0.3, 0.4) is 0 Å². The van der Waals surface area contributed by atoms with Gasteiger partial charge in [-0.2, -0.15) is 0 Å². The summed E-state index contributed by atoms with van der Waals surface area (Å²) in [6.07, 6.45) is 1.60. The van der Waals surface area contributed by atoms with Crippen LogP contribution in [0.1, 0.15) is 22.8 Å². The molecule has 0 aliphatic heterocycles. The molecule has 0 atom stereocenters. The van der Waals surface area contributed by atoms with Gasteiger partial charge in [0.1, 0.15) is 5.75 Å². The molecular formula is C22H21N3O3. The molecule has 2 aromatic carbocycles. The Balaban J connectivity index is 1.63. The number of nitrogens with one attached hydrogen (secondary N) is 2. The normalized spacial score (nSPS) is 10.2. The van der Waals surface area contributed by atoms with Crippen molar-refractivity contribution >= 4 is 17.5 Å². The zero-order chi connectivity index (χ0) is 19.9. The summed E-state index contributed by atoms with van der Waals surface area (Å²) in [5.74, 6) is 0.468. The highest BCUT2D eigenvalue weighted by Gasteiger charge is 2.07. The molecule has 0 fully saturated rings. The van der Waals surface area contributed by atoms with Gasteiger partial charge in [0.05, 0.1) is 24.7 Å². The number of methoxy groups -OCH3 is 1. The third kappa shape index (κ3) is 4.94. The van der Waals surface area contributed by atoms with Crippen LogP contribution >= 0.6 is 0 Å². The third-order valence-electron chi connectivity index (χ3n) is 4.11. The molecule has 6 nitrogen and oxygen atoms in total. The molecule has 1 heterocycles. The summed E-state index contributed by atoms with van der Waals surface area (Å²) in [5.41, 5.74) is 3.83. The van der Waals surface area contributed by atoms with E-state index in [0.717, 1.165) is 22.6 Å². The maximum Gasteiger partial charge on any atom is 0.251 e. The number of carbonyl (C=O) groups excluding carboxylic acids is 2. The molecule has 142 valence electrons. The van der Waals surface area contributed by atoms with Crippen molar-refractivity contribution in [3.8, 4) is 17.0 Å². The van der Waals surface area contributed by atoms with Crippen molar-refractivity contribution in [3.05, 3.63) is 78.0 Å². The molecule has 0 aliphatic carbocycles. The van der Waals surface area contributed by atoms with Crippen molar-refractivity contribution in [2.24, 2.45) is 0 Å². The zero-order valence-corrected chi connectivity index (χ0v) is 15.7. The molecule has 3 rings (SSSR count). The van der Waals surface area contributed by atoms with E-state index in [9.17, 15) is 9.59 Å². The lowest BCUT2D eigenvalue weighted by molar-refractivity contribution is -0.114. The predicted octanol–water partition coefficient (Wildman–Crippen LogP) is 3.65. The minimum absolute atomic E-state index is 0.140. The Morgan fingerprint density at radius 1 is 1.04 bits per heavy atom. The number of nitrogens with zero attached hydrogens (tertiary/aromatic N) is 1. The van der Waals surface area contributed by atoms with Crippen molar-refractivity contribution in [2.45, 2.75) is 13.5 Å². The van der Waals surface area contributed by atoms with Gasteiger partial charge in [-0.05, 0) is 42.0 Å². The fourth-order valence-electron chi connectivity index (χ4n) is 2.70. The topological polar surface area (TPSA) is 80.3 Å². The fourth-order valence-corrected chi connectivity index (χ4v) is 2.70. The fraction of sp³-hybridized carbons (Fsp3) is 0.136. The zero-order valence-electron chi connectivity index (χ0n) is 15.7. The van der Waals surface area contributed by atoms with Gasteiger partial charge in [0.15, 0.2) is 0 Å². The number of amides is 2. The minimum Gasteiger partial charge on any atom is -0.497 e. The molecule has 2 N–H and O–H groups in total. The molecule has 2 amide bonds. The molecule has 1 aromatic heterocycles. The summed E-state index contributed by atoms with van der Waals surface area (Å²) >= 11 is 0. The highest BCUT2D eigenvalue weighted by Crippen LogP contribution is 2.19. The van der Waals surface area contributed by atoms with Crippen molar-refractivity contribution < 1.29 is 14.3 Å². The first-order valence-electron chi connectivity index (χ1n) is 8.80. The number of rotatable bonds is 6. The van der Waals surface area contributed by atoms with Crippen LogP contribution in [0.2, 0.25) is 0 Å². The van der Waals surface area contributed by atoms with Gasteiger partial charge in [-0.1, -0.05) is 24.3 Å². The van der Waals surface area contributed by atoms with Crippen molar-refractivity contribution in [1.82, 2.24) is 10.3 Å². The minimum atomic E-state index is -0.150. The van der Waals surface area contributed by atoms with E-state index in [-0.39, 0.29) is 11.8 Å². The van der Waals surface area contributed by atoms with Gasteiger partial charge < -0.3 is 15.4 Å². The Morgan fingerprint density at radius 2 is 1.82 bits per heavy atom. The van der Waals surface area contributed by atoms with Gasteiger partial charge in [0.25, 0.3) is 5.91 Å². The Morgan fingerprint density at radius 3 is 2.46 bits per heavy atom. The van der Waals surface area contributed by atoms with Crippen molar-refractivity contribution in [3.63, 3.8) is 0 Å². The first-order valence-corrected chi connectivity index (χ1v) is 8.80. The third-order valence-corrected chi connectivity index (χ3v) is 4.11. The van der Waals surface area contributed by atoms with Crippen LogP contribution in [0.5, 0.6) is 5.75 Å². The van der Waals surface area contributed by atoms with Crippen LogP contribution in [0.25, 0.3) is 11.3 Å². The second-order valence-electron chi connectivity index (χ2n) is 6.22. The molecule has 28 heavy (non-hydrogen) atoms. The van der Waals surface area contributed by atoms with E-state index < -0.39 is 0 Å². The molecule has 0 saturated carbocycles. The SMILES string of the molecule is COc1cccc(CNC(=O)c2ccc(-c3ccc(NC(C)=O)cn3)cc2)c1. The highest BCUT2D eigenvalue weighted by molar-refractivity contribution is 5.94. The molecular weight excluding hydrogens is 354 g/mol. The lowest BCUT2D eigenvalue weighted by Crippen LogP contribution is -2.22. The lowest BCUT2D eigenvalue weighted by Gasteiger charge is -2.08. The van der Waals surface area contributed by atoms with Gasteiger partial charge >= 0.3 is 0 Å². The van der Waals surface area contributed by atoms with E-state index in [1.54, 1.807) is 31.5 Å². The molecule has 6 heteroatoms. The van der Waals surface area contributed by atoms with E-state index in [4.69, 9.17) is 4.74 Å². The number of hydrogen-bond donors (Lipinski definition) is 2. The summed E-state index contributed by atoms with van der Waals surface area (Å²) in [6, 6.07) is 18.4. The van der Waals surface area contributed by atoms with Gasteiger partial charge in [0, 0.05) is 24.6 Å². The first-order chi connectivity index (χ1) is 13.5. The average Bonchev–Trinajstić information content (AvgIpc) is 2.72. The van der Waals surface area contributed by atoms with Gasteiger partial charge in [-0.25, -0.2) is 0 Å². The van der Waals surface area contributed by atoms with E-state index in [2.05, 4.69) is 15.6 Å². The molecule has 0 spiro atoms. The smallest absolute Gasteiger partial charge is 0.251 e. The van der Waals surface area contributed by atoms with Crippen molar-refractivity contribution in [1.29, 1.82) is 0 Å². The number of benzene rings is 2. The molecule has 0 saturated heterocycles. The van der Waals surface area contributed by atoms with Crippen LogP contribution in [-0.2, 0) is 11.3 Å². The number of ether oxygens (including phenoxy) is 1. The van der Waals surface area contributed by atoms with Crippen LogP contribution in [0, 0.1) is 0 Å². The quantitative estimate of drug-likeness (QED) is 0.689. The molecule has 0 radical (unpaired) electrons. The maximum absolute atomic E-state index is 12.4. The molecule has 0 aliphatic rings. The summed E-state index contributed by atoms with van der Waals surface area (Å²) in [7, 11) is 1.61. The Kier molecular flexibility index (Phi) is 6.01. The van der Waals surface area contributed by atoms with E-state index in [1.807, 2.05) is 42.5 Å². The summed E-state index contributed by atoms with van der Waals surface area (Å²) in [5, 5.41) is 5.58. The first kappa shape index (κ1) is 19.1. The molecule has 0 unspecified atom stereocenters. The van der Waals surface area contributed by atoms with E-state index in [0.29, 0.717) is 17.8 Å². The van der Waals surface area contributed by atoms with E-state index in [1.165, 1.54) is 6.92 Å². The lowest BCUT2D eigenvalue weighted by atomic mass is 10.1. The van der Waals surface area contributed by atoms with Crippen LogP contribution in [0.4, 0.5) is 5.69 Å². The second-order valence-corrected chi connectivity index (χ2v) is 6.22. The van der Waals surface area contributed by atoms with Gasteiger partial charge in [-0.15, -0.1) is 0 Å². The Hall–Kier alpha value is -3.67. The Bertz CT molecular complexity index is 967. The van der Waals surface area contributed by atoms with E-state index >= 15 is 0 Å². The highest BCUT2D eigenvalue weighted by atomic mass is 16.5.